The van der Waals surface area contributed by atoms with E-state index in [2.05, 4.69) is 0 Å². The van der Waals surface area contributed by atoms with Gasteiger partial charge in [-0.2, -0.15) is 0 Å². The van der Waals surface area contributed by atoms with Crippen molar-refractivity contribution in [3.8, 4) is 0 Å². The number of carbonyl (C=O) groups excluding carboxylic acids is 2. The molecule has 0 bridgehead atoms. The van der Waals surface area contributed by atoms with Gasteiger partial charge in [0.25, 0.3) is 0 Å². The third kappa shape index (κ3) is 2.84. The number of halogens is 1. The fraction of sp³-hybridized carbons (Fsp3) is 0.333. The zero-order chi connectivity index (χ0) is 12.4. The number of benzene rings is 1. The van der Waals surface area contributed by atoms with Crippen molar-refractivity contribution >= 4 is 11.9 Å². The van der Waals surface area contributed by atoms with Crippen LogP contribution in [0.4, 0.5) is 4.39 Å². The Morgan fingerprint density at radius 1 is 1.39 bits per heavy atom. The number of likely N-dealkylation sites (tertiary alicyclic amines) is 1. The summed E-state index contributed by atoms with van der Waals surface area (Å²) in [7, 11) is 0. The third-order valence-electron chi connectivity index (χ3n) is 2.87. The first-order valence-corrected chi connectivity index (χ1v) is 5.32. The molecule has 1 aliphatic heterocycles. The summed E-state index contributed by atoms with van der Waals surface area (Å²) in [5.74, 6) is -1.81. The van der Waals surface area contributed by atoms with Crippen LogP contribution >= 0.6 is 0 Å². The molecule has 5 nitrogen and oxygen atoms in total. The predicted molar refractivity (Wildman–Crippen MR) is 61.0 cm³/mol. The molecule has 18 heavy (non-hydrogen) atoms. The van der Waals surface area contributed by atoms with E-state index in [9.17, 15) is 19.1 Å². The van der Waals surface area contributed by atoms with E-state index in [4.69, 9.17) is 0 Å². The predicted octanol–water partition coefficient (Wildman–Crippen LogP) is 0.443. The normalized spacial score (nSPS) is 18.6. The van der Waals surface area contributed by atoms with Gasteiger partial charge < -0.3 is 21.0 Å². The topological polar surface area (TPSA) is 96.9 Å². The van der Waals surface area contributed by atoms with E-state index in [0.717, 1.165) is 0 Å². The Hall–Kier alpha value is -1.95. The summed E-state index contributed by atoms with van der Waals surface area (Å²) in [5.41, 5.74) is 0.702. The van der Waals surface area contributed by atoms with E-state index in [1.54, 1.807) is 0 Å². The van der Waals surface area contributed by atoms with Crippen LogP contribution in [0.25, 0.3) is 0 Å². The molecule has 1 aliphatic rings. The molecule has 0 saturated carbocycles. The number of nitrogens with zero attached hydrogens (tertiary/aromatic N) is 1. The van der Waals surface area contributed by atoms with E-state index in [1.165, 1.54) is 29.2 Å². The minimum absolute atomic E-state index is 0. The molecule has 1 fully saturated rings. The quantitative estimate of drug-likeness (QED) is 0.847. The minimum Gasteiger partial charge on any atom is -0.548 e. The van der Waals surface area contributed by atoms with E-state index in [1.807, 2.05) is 0 Å². The number of carboxylic acids is 1. The van der Waals surface area contributed by atoms with Crippen molar-refractivity contribution in [2.24, 2.45) is 0 Å². The minimum atomic E-state index is -1.24. The molecule has 0 aromatic heterocycles. The maximum Gasteiger partial charge on any atom is 0.223 e. The number of carboxylic acid groups (broad SMARTS) is 1. The van der Waals surface area contributed by atoms with E-state index in [-0.39, 0.29) is 37.3 Å². The third-order valence-corrected chi connectivity index (χ3v) is 2.87. The summed E-state index contributed by atoms with van der Waals surface area (Å²) < 4.78 is 12.7. The number of rotatable bonds is 3. The van der Waals surface area contributed by atoms with Crippen LogP contribution in [0, 0.1) is 5.82 Å². The molecule has 0 aliphatic carbocycles. The Kier molecular flexibility index (Phi) is 4.38. The first-order valence-electron chi connectivity index (χ1n) is 5.32. The Labute approximate surface area is 104 Å². The standard InChI is InChI=1S/C12H12FNO3.H3N/c13-9-3-1-8(2-4-9)7-14-10(12(16)17)5-6-11(14)15;/h1-4,10H,5-7H2,(H,16,17);1H3/t10-;/m0./s1. The van der Waals surface area contributed by atoms with Crippen LogP contribution in [0.15, 0.2) is 24.3 Å². The maximum atomic E-state index is 12.7. The summed E-state index contributed by atoms with van der Waals surface area (Å²) in [6.07, 6.45) is 0.502. The Balaban J connectivity index is 0.00000162. The molecule has 98 valence electrons. The second kappa shape index (κ2) is 5.59. The Morgan fingerprint density at radius 3 is 2.56 bits per heavy atom. The zero-order valence-corrected chi connectivity index (χ0v) is 10.1. The molecule has 0 unspecified atom stereocenters. The highest BCUT2D eigenvalue weighted by Crippen LogP contribution is 2.21. The van der Waals surface area contributed by atoms with Gasteiger partial charge in [-0.15, -0.1) is 0 Å². The van der Waals surface area contributed by atoms with Crippen LogP contribution in [-0.2, 0) is 16.1 Å². The largest absolute Gasteiger partial charge is 0.548 e. The molecule has 1 amide bonds. The lowest BCUT2D eigenvalue weighted by Crippen LogP contribution is -2.45. The molecule has 4 N–H and O–H groups in total. The molecule has 0 spiro atoms. The summed E-state index contributed by atoms with van der Waals surface area (Å²) in [6.45, 7) is 0.178. The van der Waals surface area contributed by atoms with Crippen LogP contribution in [0.2, 0.25) is 0 Å². The van der Waals surface area contributed by atoms with Gasteiger partial charge in [-0.25, -0.2) is 4.39 Å². The lowest BCUT2D eigenvalue weighted by Gasteiger charge is -2.25. The van der Waals surface area contributed by atoms with Crippen molar-refractivity contribution in [1.29, 1.82) is 0 Å². The van der Waals surface area contributed by atoms with E-state index >= 15 is 0 Å². The van der Waals surface area contributed by atoms with Gasteiger partial charge in [-0.05, 0) is 24.1 Å². The van der Waals surface area contributed by atoms with Gasteiger partial charge in [-0.1, -0.05) is 12.1 Å². The molecule has 0 radical (unpaired) electrons. The van der Waals surface area contributed by atoms with E-state index in [0.29, 0.717) is 5.56 Å². The molecule has 6 heteroatoms. The number of hydrogen-bond donors (Lipinski definition) is 1. The van der Waals surface area contributed by atoms with Gasteiger partial charge in [0.1, 0.15) is 5.82 Å². The SMILES string of the molecule is O=C([O-])[C@@H]1CCC(=O)N1Cc1ccc(F)cc1.[NH4+]. The molecule has 2 rings (SSSR count). The average Bonchev–Trinajstić information content (AvgIpc) is 2.64. The van der Waals surface area contributed by atoms with Crippen molar-refractivity contribution in [3.05, 3.63) is 35.6 Å². The summed E-state index contributed by atoms with van der Waals surface area (Å²) in [6, 6.07) is 4.77. The highest BCUT2D eigenvalue weighted by Gasteiger charge is 2.31. The maximum absolute atomic E-state index is 12.7. The number of amides is 1. The molecule has 1 saturated heterocycles. The number of aliphatic carboxylic acids is 1. The van der Waals surface area contributed by atoms with Crippen LogP contribution in [-0.4, -0.2) is 22.8 Å². The van der Waals surface area contributed by atoms with Crippen molar-refractivity contribution in [2.75, 3.05) is 0 Å². The number of hydrogen-bond acceptors (Lipinski definition) is 3. The highest BCUT2D eigenvalue weighted by atomic mass is 19.1. The van der Waals surface area contributed by atoms with Crippen molar-refractivity contribution < 1.29 is 19.1 Å². The van der Waals surface area contributed by atoms with Crippen molar-refractivity contribution in [1.82, 2.24) is 11.1 Å². The smallest absolute Gasteiger partial charge is 0.223 e. The fourth-order valence-electron chi connectivity index (χ4n) is 1.96. The second-order valence-electron chi connectivity index (χ2n) is 4.02. The zero-order valence-electron chi connectivity index (χ0n) is 10.1. The van der Waals surface area contributed by atoms with Crippen LogP contribution < -0.4 is 11.3 Å². The van der Waals surface area contributed by atoms with Crippen LogP contribution in [0.3, 0.4) is 0 Å². The van der Waals surface area contributed by atoms with Gasteiger partial charge in [0, 0.05) is 13.0 Å². The van der Waals surface area contributed by atoms with Gasteiger partial charge in [0.2, 0.25) is 5.91 Å². The Bertz CT molecular complexity index is 447. The van der Waals surface area contributed by atoms with E-state index < -0.39 is 12.0 Å². The van der Waals surface area contributed by atoms with Crippen LogP contribution in [0.1, 0.15) is 18.4 Å². The van der Waals surface area contributed by atoms with Gasteiger partial charge in [0.15, 0.2) is 0 Å². The average molecular weight is 254 g/mol. The van der Waals surface area contributed by atoms with Gasteiger partial charge >= 0.3 is 0 Å². The molecule has 1 aromatic carbocycles. The molecule has 1 aromatic rings. The summed E-state index contributed by atoms with van der Waals surface area (Å²) in [4.78, 5) is 23.6. The number of quaternary nitrogens is 1. The highest BCUT2D eigenvalue weighted by molar-refractivity contribution is 5.86. The fourth-order valence-corrected chi connectivity index (χ4v) is 1.96. The summed E-state index contributed by atoms with van der Waals surface area (Å²) >= 11 is 0. The van der Waals surface area contributed by atoms with Crippen molar-refractivity contribution in [2.45, 2.75) is 25.4 Å². The van der Waals surface area contributed by atoms with Gasteiger partial charge in [-0.3, -0.25) is 4.79 Å². The summed E-state index contributed by atoms with van der Waals surface area (Å²) in [5, 5.41) is 10.8. The second-order valence-corrected chi connectivity index (χ2v) is 4.02. The lowest BCUT2D eigenvalue weighted by atomic mass is 10.2. The molecule has 1 heterocycles. The first-order chi connectivity index (χ1) is 8.08. The monoisotopic (exact) mass is 254 g/mol. The first kappa shape index (κ1) is 14.1. The number of carbonyl (C=O) groups is 2. The molecular weight excluding hydrogens is 239 g/mol. The van der Waals surface area contributed by atoms with Gasteiger partial charge in [0.05, 0.1) is 12.0 Å². The lowest BCUT2D eigenvalue weighted by molar-refractivity contribution is -0.310. The molecular formula is C12H15FN2O3. The Morgan fingerprint density at radius 2 is 2.00 bits per heavy atom. The molecule has 1 atom stereocenters. The van der Waals surface area contributed by atoms with Crippen molar-refractivity contribution in [3.63, 3.8) is 0 Å². The van der Waals surface area contributed by atoms with Crippen LogP contribution in [0.5, 0.6) is 0 Å².